The summed E-state index contributed by atoms with van der Waals surface area (Å²) in [6, 6.07) is 5.89. The molecule has 4 rings (SSSR count). The van der Waals surface area contributed by atoms with Crippen LogP contribution in [0, 0.1) is 0 Å². The minimum atomic E-state index is -4.35. The molecular formula is C20H25F3N4O. The molecule has 0 unspecified atom stereocenters. The van der Waals surface area contributed by atoms with Gasteiger partial charge in [0, 0.05) is 37.4 Å². The Hall–Kier alpha value is -1.90. The molecule has 0 spiro atoms. The number of alkyl halides is 3. The molecule has 3 heterocycles. The third-order valence-electron chi connectivity index (χ3n) is 5.60. The molecule has 1 aromatic heterocycles. The summed E-state index contributed by atoms with van der Waals surface area (Å²) in [5.41, 5.74) is 0.779. The van der Waals surface area contributed by atoms with Gasteiger partial charge in [-0.15, -0.1) is 0 Å². The Bertz CT molecular complexity index is 778. The normalized spacial score (nSPS) is 20.5. The molecule has 0 saturated carbocycles. The van der Waals surface area contributed by atoms with Gasteiger partial charge in [-0.2, -0.15) is 18.3 Å². The van der Waals surface area contributed by atoms with Gasteiger partial charge in [0.05, 0.1) is 30.7 Å². The van der Waals surface area contributed by atoms with E-state index in [2.05, 4.69) is 14.9 Å². The number of aromatic nitrogens is 2. The number of hydrogen-bond donors (Lipinski definition) is 0. The second-order valence-corrected chi connectivity index (χ2v) is 7.50. The average Bonchev–Trinajstić information content (AvgIpc) is 3.17. The van der Waals surface area contributed by atoms with Crippen molar-refractivity contribution in [1.29, 1.82) is 0 Å². The van der Waals surface area contributed by atoms with Crippen molar-refractivity contribution in [3.63, 3.8) is 0 Å². The predicted molar refractivity (Wildman–Crippen MR) is 99.3 cm³/mol. The molecular weight excluding hydrogens is 369 g/mol. The average molecular weight is 394 g/mol. The lowest BCUT2D eigenvalue weighted by Crippen LogP contribution is -2.48. The van der Waals surface area contributed by atoms with Crippen LogP contribution in [0.2, 0.25) is 0 Å². The van der Waals surface area contributed by atoms with Gasteiger partial charge in [-0.3, -0.25) is 9.80 Å². The van der Waals surface area contributed by atoms with E-state index in [4.69, 9.17) is 4.74 Å². The van der Waals surface area contributed by atoms with Crippen molar-refractivity contribution in [2.45, 2.75) is 31.6 Å². The van der Waals surface area contributed by atoms with Crippen molar-refractivity contribution < 1.29 is 17.9 Å². The van der Waals surface area contributed by atoms with E-state index in [0.29, 0.717) is 11.7 Å². The van der Waals surface area contributed by atoms with Crippen molar-refractivity contribution in [2.24, 2.45) is 0 Å². The molecule has 2 saturated heterocycles. The van der Waals surface area contributed by atoms with Crippen LogP contribution in [0.3, 0.4) is 0 Å². The number of halogens is 3. The molecule has 0 aliphatic carbocycles. The van der Waals surface area contributed by atoms with Gasteiger partial charge in [0.2, 0.25) is 0 Å². The third-order valence-corrected chi connectivity index (χ3v) is 5.60. The van der Waals surface area contributed by atoms with Gasteiger partial charge >= 0.3 is 6.18 Å². The van der Waals surface area contributed by atoms with Gasteiger partial charge in [0.1, 0.15) is 0 Å². The van der Waals surface area contributed by atoms with Crippen molar-refractivity contribution in [1.82, 2.24) is 19.6 Å². The highest BCUT2D eigenvalue weighted by molar-refractivity contribution is 5.36. The summed E-state index contributed by atoms with van der Waals surface area (Å²) in [5, 5.41) is 4.26. The fourth-order valence-corrected chi connectivity index (χ4v) is 4.05. The Morgan fingerprint density at radius 2 is 1.82 bits per heavy atom. The van der Waals surface area contributed by atoms with Crippen molar-refractivity contribution in [3.8, 4) is 5.69 Å². The quantitative estimate of drug-likeness (QED) is 0.798. The van der Waals surface area contributed by atoms with Crippen molar-refractivity contribution >= 4 is 0 Å². The summed E-state index contributed by atoms with van der Waals surface area (Å²) in [4.78, 5) is 4.93. The number of rotatable bonds is 4. The second-order valence-electron chi connectivity index (χ2n) is 7.50. The van der Waals surface area contributed by atoms with E-state index in [0.717, 1.165) is 76.5 Å². The third kappa shape index (κ3) is 4.56. The minimum Gasteiger partial charge on any atom is -0.379 e. The van der Waals surface area contributed by atoms with Gasteiger partial charge in [-0.1, -0.05) is 6.07 Å². The first kappa shape index (κ1) is 19.4. The summed E-state index contributed by atoms with van der Waals surface area (Å²) in [6.07, 6.45) is 1.50. The van der Waals surface area contributed by atoms with E-state index >= 15 is 0 Å². The first-order valence-electron chi connectivity index (χ1n) is 9.74. The fraction of sp³-hybridized carbons (Fsp3) is 0.550. The molecule has 1 aromatic carbocycles. The van der Waals surface area contributed by atoms with Crippen molar-refractivity contribution in [2.75, 3.05) is 39.4 Å². The van der Waals surface area contributed by atoms with Crippen LogP contribution >= 0.6 is 0 Å². The maximum absolute atomic E-state index is 12.9. The van der Waals surface area contributed by atoms with Gasteiger partial charge in [0.25, 0.3) is 0 Å². The number of benzene rings is 1. The number of likely N-dealkylation sites (tertiary alicyclic amines) is 1. The number of ether oxygens (including phenoxy) is 1. The van der Waals surface area contributed by atoms with Gasteiger partial charge in [0.15, 0.2) is 0 Å². The summed E-state index contributed by atoms with van der Waals surface area (Å²) in [6.45, 7) is 6.52. The molecule has 0 bridgehead atoms. The molecule has 5 nitrogen and oxygen atoms in total. The van der Waals surface area contributed by atoms with Crippen LogP contribution in [0.15, 0.2) is 36.7 Å². The van der Waals surface area contributed by atoms with Crippen LogP contribution in [0.4, 0.5) is 13.2 Å². The Kier molecular flexibility index (Phi) is 5.70. The SMILES string of the molecule is FC(F)(F)c1cccc(-n2cc(CN3CCC(N4CCOCC4)CC3)cn2)c1. The predicted octanol–water partition coefficient (Wildman–Crippen LogP) is 3.19. The molecule has 2 aromatic rings. The second kappa shape index (κ2) is 8.23. The smallest absolute Gasteiger partial charge is 0.379 e. The molecule has 0 amide bonds. The van der Waals surface area contributed by atoms with Crippen molar-refractivity contribution in [3.05, 3.63) is 47.8 Å². The lowest BCUT2D eigenvalue weighted by Gasteiger charge is -2.40. The topological polar surface area (TPSA) is 33.5 Å². The Morgan fingerprint density at radius 1 is 1.07 bits per heavy atom. The summed E-state index contributed by atoms with van der Waals surface area (Å²) in [7, 11) is 0. The molecule has 0 atom stereocenters. The molecule has 152 valence electrons. The fourth-order valence-electron chi connectivity index (χ4n) is 4.05. The number of piperidine rings is 1. The molecule has 2 aliphatic rings. The van der Waals surface area contributed by atoms with Crippen LogP contribution in [0.5, 0.6) is 0 Å². The zero-order valence-corrected chi connectivity index (χ0v) is 15.7. The molecule has 8 heteroatoms. The molecule has 2 aliphatic heterocycles. The van der Waals surface area contributed by atoms with Gasteiger partial charge in [-0.05, 0) is 44.1 Å². The maximum atomic E-state index is 12.9. The van der Waals surface area contributed by atoms with Gasteiger partial charge < -0.3 is 4.74 Å². The highest BCUT2D eigenvalue weighted by Crippen LogP contribution is 2.30. The zero-order chi connectivity index (χ0) is 19.6. The molecule has 0 radical (unpaired) electrons. The Morgan fingerprint density at radius 3 is 2.54 bits per heavy atom. The molecule has 28 heavy (non-hydrogen) atoms. The van der Waals surface area contributed by atoms with Crippen LogP contribution in [0.25, 0.3) is 5.69 Å². The van der Waals surface area contributed by atoms with E-state index in [1.165, 1.54) is 10.7 Å². The van der Waals surface area contributed by atoms with E-state index in [1.54, 1.807) is 12.3 Å². The Balaban J connectivity index is 1.34. The van der Waals surface area contributed by atoms with E-state index < -0.39 is 11.7 Å². The minimum absolute atomic E-state index is 0.423. The zero-order valence-electron chi connectivity index (χ0n) is 15.7. The highest BCUT2D eigenvalue weighted by atomic mass is 19.4. The van der Waals surface area contributed by atoms with Crippen LogP contribution in [0.1, 0.15) is 24.0 Å². The molecule has 2 fully saturated rings. The lowest BCUT2D eigenvalue weighted by atomic mass is 10.0. The summed E-state index contributed by atoms with van der Waals surface area (Å²) in [5.74, 6) is 0. The first-order valence-corrected chi connectivity index (χ1v) is 9.74. The van der Waals surface area contributed by atoms with E-state index in [1.807, 2.05) is 6.20 Å². The molecule has 0 N–H and O–H groups in total. The number of hydrogen-bond acceptors (Lipinski definition) is 4. The standard InChI is InChI=1S/C20H25F3N4O/c21-20(22,23)17-2-1-3-19(12-17)27-15-16(13-24-27)14-25-6-4-18(5-7-25)26-8-10-28-11-9-26/h1-3,12-13,15,18H,4-11,14H2. The van der Waals surface area contributed by atoms with Crippen LogP contribution in [-0.2, 0) is 17.5 Å². The summed E-state index contributed by atoms with van der Waals surface area (Å²) < 4.78 is 45.7. The Labute approximate surface area is 162 Å². The van der Waals surface area contributed by atoms with E-state index in [-0.39, 0.29) is 0 Å². The van der Waals surface area contributed by atoms with Gasteiger partial charge in [-0.25, -0.2) is 4.68 Å². The highest BCUT2D eigenvalue weighted by Gasteiger charge is 2.30. The maximum Gasteiger partial charge on any atom is 0.416 e. The summed E-state index contributed by atoms with van der Waals surface area (Å²) >= 11 is 0. The van der Waals surface area contributed by atoms with Crippen LogP contribution in [-0.4, -0.2) is 65.0 Å². The van der Waals surface area contributed by atoms with Crippen LogP contribution < -0.4 is 0 Å². The van der Waals surface area contributed by atoms with E-state index in [9.17, 15) is 13.2 Å². The first-order chi connectivity index (χ1) is 13.5. The number of morpholine rings is 1. The largest absolute Gasteiger partial charge is 0.416 e. The number of nitrogens with zero attached hydrogens (tertiary/aromatic N) is 4. The monoisotopic (exact) mass is 394 g/mol. The lowest BCUT2D eigenvalue weighted by molar-refractivity contribution is -0.137.